The fraction of sp³-hybridized carbons (Fsp3) is 0.304. The zero-order chi connectivity index (χ0) is 21.5. The summed E-state index contributed by atoms with van der Waals surface area (Å²) in [6.07, 6.45) is 1.24. The van der Waals surface area contributed by atoms with Gasteiger partial charge in [0, 0.05) is 6.07 Å². The van der Waals surface area contributed by atoms with Crippen LogP contribution >= 0.6 is 0 Å². The Morgan fingerprint density at radius 3 is 2.53 bits per heavy atom. The van der Waals surface area contributed by atoms with E-state index in [4.69, 9.17) is 23.4 Å². The summed E-state index contributed by atoms with van der Waals surface area (Å²) in [6.45, 7) is 6.35. The second kappa shape index (κ2) is 9.82. The van der Waals surface area contributed by atoms with E-state index in [2.05, 4.69) is 0 Å². The molecule has 0 radical (unpaired) electrons. The van der Waals surface area contributed by atoms with Crippen LogP contribution in [-0.4, -0.2) is 25.8 Å². The van der Waals surface area contributed by atoms with Crippen molar-refractivity contribution in [3.05, 3.63) is 59.0 Å². The van der Waals surface area contributed by atoms with E-state index in [9.17, 15) is 9.59 Å². The first kappa shape index (κ1) is 21.2. The zero-order valence-corrected chi connectivity index (χ0v) is 17.2. The van der Waals surface area contributed by atoms with Crippen molar-refractivity contribution in [1.29, 1.82) is 0 Å². The van der Waals surface area contributed by atoms with Gasteiger partial charge >= 0.3 is 5.97 Å². The van der Waals surface area contributed by atoms with Gasteiger partial charge < -0.3 is 23.4 Å². The summed E-state index contributed by atoms with van der Waals surface area (Å²) in [5.74, 6) is 1.18. The molecule has 0 saturated carbocycles. The maximum atomic E-state index is 12.8. The van der Waals surface area contributed by atoms with Gasteiger partial charge in [-0.2, -0.15) is 0 Å². The summed E-state index contributed by atoms with van der Waals surface area (Å²) < 4.78 is 27.3. The van der Waals surface area contributed by atoms with Gasteiger partial charge in [-0.25, -0.2) is 4.79 Å². The number of para-hydroxylation sites is 2. The summed E-state index contributed by atoms with van der Waals surface area (Å²) in [7, 11) is 0. The molecule has 2 aromatic carbocycles. The van der Waals surface area contributed by atoms with E-state index in [1.54, 1.807) is 36.4 Å². The normalized spacial score (nSPS) is 10.8. The van der Waals surface area contributed by atoms with Crippen LogP contribution in [0.25, 0.3) is 11.0 Å². The molecule has 1 heterocycles. The molecule has 7 nitrogen and oxygen atoms in total. The molecule has 0 bridgehead atoms. The highest BCUT2D eigenvalue weighted by Gasteiger charge is 2.13. The lowest BCUT2D eigenvalue weighted by Crippen LogP contribution is -2.17. The average molecular weight is 412 g/mol. The summed E-state index contributed by atoms with van der Waals surface area (Å²) in [4.78, 5) is 24.5. The van der Waals surface area contributed by atoms with Crippen LogP contribution in [0.4, 0.5) is 0 Å². The van der Waals surface area contributed by atoms with Gasteiger partial charge in [-0.05, 0) is 37.1 Å². The molecule has 3 aromatic rings. The first-order valence-electron chi connectivity index (χ1n) is 9.71. The van der Waals surface area contributed by atoms with Crippen LogP contribution in [0.5, 0.6) is 23.0 Å². The van der Waals surface area contributed by atoms with E-state index in [1.807, 2.05) is 26.8 Å². The van der Waals surface area contributed by atoms with Crippen molar-refractivity contribution in [1.82, 2.24) is 0 Å². The van der Waals surface area contributed by atoms with E-state index >= 15 is 0 Å². The van der Waals surface area contributed by atoms with Crippen molar-refractivity contribution in [3.8, 4) is 23.0 Å². The molecule has 0 aliphatic rings. The maximum Gasteiger partial charge on any atom is 0.344 e. The van der Waals surface area contributed by atoms with Crippen LogP contribution < -0.4 is 19.6 Å². The van der Waals surface area contributed by atoms with E-state index in [1.165, 1.54) is 6.26 Å². The van der Waals surface area contributed by atoms with Gasteiger partial charge in [0.2, 0.25) is 11.2 Å². The van der Waals surface area contributed by atoms with Crippen LogP contribution in [0, 0.1) is 5.92 Å². The first-order chi connectivity index (χ1) is 14.5. The molecule has 3 rings (SSSR count). The number of fused-ring (bicyclic) bond motifs is 1. The summed E-state index contributed by atoms with van der Waals surface area (Å²) in [5.41, 5.74) is -0.0102. The lowest BCUT2D eigenvalue weighted by Gasteiger charge is -2.11. The van der Waals surface area contributed by atoms with Gasteiger partial charge in [0.15, 0.2) is 18.1 Å². The Bertz CT molecular complexity index is 1070. The van der Waals surface area contributed by atoms with Gasteiger partial charge in [0.05, 0.1) is 18.6 Å². The Morgan fingerprint density at radius 2 is 1.80 bits per heavy atom. The Morgan fingerprint density at radius 1 is 1.03 bits per heavy atom. The molecule has 0 unspecified atom stereocenters. The molecular formula is C23H24O7. The number of carbonyl (C=O) groups excluding carboxylic acids is 1. The molecule has 0 aliphatic heterocycles. The zero-order valence-electron chi connectivity index (χ0n) is 17.2. The minimum absolute atomic E-state index is 0.0422. The second-order valence-corrected chi connectivity index (χ2v) is 6.93. The van der Waals surface area contributed by atoms with E-state index in [-0.39, 0.29) is 23.7 Å². The molecule has 7 heteroatoms. The smallest absolute Gasteiger partial charge is 0.344 e. The summed E-state index contributed by atoms with van der Waals surface area (Å²) in [6, 6.07) is 11.8. The molecule has 0 spiro atoms. The standard InChI is InChI=1S/C23H24O7/c1-4-26-18-7-5-6-8-19(18)30-21-13-28-20-11-16(9-10-17(20)23(21)25)27-14-22(24)29-12-15(2)3/h5-11,13,15H,4,12,14H2,1-3H3. The Kier molecular flexibility index (Phi) is 6.95. The van der Waals surface area contributed by atoms with Gasteiger partial charge in [-0.3, -0.25) is 4.79 Å². The molecule has 0 N–H and O–H groups in total. The molecule has 0 atom stereocenters. The molecule has 30 heavy (non-hydrogen) atoms. The number of hydrogen-bond donors (Lipinski definition) is 0. The van der Waals surface area contributed by atoms with Crippen molar-refractivity contribution in [2.24, 2.45) is 5.92 Å². The molecule has 0 aliphatic carbocycles. The summed E-state index contributed by atoms with van der Waals surface area (Å²) >= 11 is 0. The molecule has 0 saturated heterocycles. The van der Waals surface area contributed by atoms with Crippen molar-refractivity contribution in [2.45, 2.75) is 20.8 Å². The van der Waals surface area contributed by atoms with E-state index in [0.717, 1.165) is 0 Å². The molecular weight excluding hydrogens is 388 g/mol. The Labute approximate surface area is 174 Å². The highest BCUT2D eigenvalue weighted by atomic mass is 16.6. The van der Waals surface area contributed by atoms with Crippen LogP contribution in [0.1, 0.15) is 20.8 Å². The summed E-state index contributed by atoms with van der Waals surface area (Å²) in [5, 5.41) is 0.330. The Balaban J connectivity index is 1.75. The number of ether oxygens (including phenoxy) is 4. The van der Waals surface area contributed by atoms with Crippen LogP contribution in [0.15, 0.2) is 57.9 Å². The van der Waals surface area contributed by atoms with Gasteiger partial charge in [-0.1, -0.05) is 26.0 Å². The lowest BCUT2D eigenvalue weighted by molar-refractivity contribution is -0.147. The van der Waals surface area contributed by atoms with Gasteiger partial charge in [0.25, 0.3) is 0 Å². The van der Waals surface area contributed by atoms with Crippen molar-refractivity contribution in [2.75, 3.05) is 19.8 Å². The highest BCUT2D eigenvalue weighted by molar-refractivity contribution is 5.79. The molecule has 1 aromatic heterocycles. The van der Waals surface area contributed by atoms with Crippen LogP contribution in [-0.2, 0) is 9.53 Å². The fourth-order valence-corrected chi connectivity index (χ4v) is 2.62. The monoisotopic (exact) mass is 412 g/mol. The van der Waals surface area contributed by atoms with E-state index in [0.29, 0.717) is 41.4 Å². The topological polar surface area (TPSA) is 84.2 Å². The van der Waals surface area contributed by atoms with Crippen molar-refractivity contribution < 1.29 is 28.2 Å². The third-order valence-electron chi connectivity index (χ3n) is 4.02. The van der Waals surface area contributed by atoms with Crippen LogP contribution in [0.2, 0.25) is 0 Å². The number of esters is 1. The lowest BCUT2D eigenvalue weighted by atomic mass is 10.2. The van der Waals surface area contributed by atoms with Crippen molar-refractivity contribution >= 4 is 16.9 Å². The first-order valence-corrected chi connectivity index (χ1v) is 9.71. The largest absolute Gasteiger partial charge is 0.490 e. The maximum absolute atomic E-state index is 12.8. The number of benzene rings is 2. The fourth-order valence-electron chi connectivity index (χ4n) is 2.62. The SMILES string of the molecule is CCOc1ccccc1Oc1coc2cc(OCC(=O)OCC(C)C)ccc2c1=O. The quantitative estimate of drug-likeness (QED) is 0.476. The Hall–Kier alpha value is -3.48. The molecule has 0 amide bonds. The predicted octanol–water partition coefficient (Wildman–Crippen LogP) is 4.56. The molecule has 0 fully saturated rings. The highest BCUT2D eigenvalue weighted by Crippen LogP contribution is 2.31. The number of hydrogen-bond acceptors (Lipinski definition) is 7. The van der Waals surface area contributed by atoms with Gasteiger partial charge in [-0.15, -0.1) is 0 Å². The second-order valence-electron chi connectivity index (χ2n) is 6.93. The number of carbonyl (C=O) groups is 1. The number of rotatable bonds is 9. The predicted molar refractivity (Wildman–Crippen MR) is 111 cm³/mol. The minimum Gasteiger partial charge on any atom is -0.490 e. The van der Waals surface area contributed by atoms with Crippen molar-refractivity contribution in [3.63, 3.8) is 0 Å². The van der Waals surface area contributed by atoms with E-state index < -0.39 is 5.97 Å². The third-order valence-corrected chi connectivity index (χ3v) is 4.02. The average Bonchev–Trinajstić information content (AvgIpc) is 2.74. The minimum atomic E-state index is -0.457. The third kappa shape index (κ3) is 5.31. The van der Waals surface area contributed by atoms with Crippen LogP contribution in [0.3, 0.4) is 0 Å². The van der Waals surface area contributed by atoms with Gasteiger partial charge in [0.1, 0.15) is 17.6 Å². The molecule has 158 valence electrons.